The summed E-state index contributed by atoms with van der Waals surface area (Å²) in [5.41, 5.74) is 1.57. The zero-order chi connectivity index (χ0) is 10.6. The molecule has 0 fully saturated rings. The molecule has 3 nitrogen and oxygen atoms in total. The molecule has 0 saturated heterocycles. The Kier molecular flexibility index (Phi) is 3.51. The van der Waals surface area contributed by atoms with Crippen molar-refractivity contribution < 1.29 is 0 Å². The van der Waals surface area contributed by atoms with Gasteiger partial charge in [0, 0.05) is 7.05 Å². The largest absolute Gasteiger partial charge is 0.326 e. The van der Waals surface area contributed by atoms with Gasteiger partial charge in [-0.2, -0.15) is 0 Å². The Bertz CT molecular complexity index is 396. The zero-order valence-corrected chi connectivity index (χ0v) is 8.71. The van der Waals surface area contributed by atoms with Crippen LogP contribution in [0.1, 0.15) is 31.2 Å². The Morgan fingerprint density at radius 1 is 1.57 bits per heavy atom. The number of unbranched alkanes of at least 4 members (excludes halogenated alkanes) is 1. The van der Waals surface area contributed by atoms with Gasteiger partial charge in [0.1, 0.15) is 0 Å². The second-order valence-corrected chi connectivity index (χ2v) is 3.18. The lowest BCUT2D eigenvalue weighted by atomic mass is 10.2. The summed E-state index contributed by atoms with van der Waals surface area (Å²) < 4.78 is 1.59. The topological polar surface area (TPSA) is 37.8 Å². The van der Waals surface area contributed by atoms with Crippen LogP contribution in [0, 0.1) is 0 Å². The average Bonchev–Trinajstić information content (AvgIpc) is 2.45. The predicted molar refractivity (Wildman–Crippen MR) is 60.1 cm³/mol. The molecule has 0 bridgehead atoms. The lowest BCUT2D eigenvalue weighted by Gasteiger charge is -1.95. The first-order valence-electron chi connectivity index (χ1n) is 4.78. The summed E-state index contributed by atoms with van der Waals surface area (Å²) in [6, 6.07) is 0. The number of allylic oxidation sites excluding steroid dienone is 1. The second kappa shape index (κ2) is 4.65. The fourth-order valence-corrected chi connectivity index (χ4v) is 1.27. The van der Waals surface area contributed by atoms with Crippen molar-refractivity contribution in [1.29, 1.82) is 0 Å². The van der Waals surface area contributed by atoms with Crippen LogP contribution in [0.15, 0.2) is 17.4 Å². The van der Waals surface area contributed by atoms with Crippen LogP contribution in [0.25, 0.3) is 12.2 Å². The van der Waals surface area contributed by atoms with Gasteiger partial charge in [0.05, 0.1) is 11.4 Å². The molecule has 1 heterocycles. The maximum atomic E-state index is 11.3. The van der Waals surface area contributed by atoms with Gasteiger partial charge in [-0.3, -0.25) is 4.57 Å². The molecule has 1 rings (SSSR count). The Morgan fingerprint density at radius 2 is 2.29 bits per heavy atom. The van der Waals surface area contributed by atoms with Crippen LogP contribution in [-0.4, -0.2) is 9.55 Å². The van der Waals surface area contributed by atoms with Crippen molar-refractivity contribution in [3.8, 4) is 0 Å². The molecule has 1 aromatic heterocycles. The number of hydrogen-bond acceptors (Lipinski definition) is 1. The summed E-state index contributed by atoms with van der Waals surface area (Å²) in [4.78, 5) is 14.0. The summed E-state index contributed by atoms with van der Waals surface area (Å²) >= 11 is 0. The number of nitrogens with zero attached hydrogens (tertiary/aromatic N) is 1. The first-order valence-corrected chi connectivity index (χ1v) is 4.78. The van der Waals surface area contributed by atoms with Crippen molar-refractivity contribution in [2.45, 2.75) is 19.8 Å². The monoisotopic (exact) mass is 192 g/mol. The number of aromatic amines is 1. The molecule has 0 aliphatic rings. The van der Waals surface area contributed by atoms with Crippen LogP contribution in [0.3, 0.4) is 0 Å². The summed E-state index contributed by atoms with van der Waals surface area (Å²) in [6.45, 7) is 5.78. The van der Waals surface area contributed by atoms with Crippen molar-refractivity contribution in [3.63, 3.8) is 0 Å². The van der Waals surface area contributed by atoms with Gasteiger partial charge in [0.2, 0.25) is 0 Å². The third kappa shape index (κ3) is 2.05. The lowest BCUT2D eigenvalue weighted by Crippen LogP contribution is -2.13. The molecule has 0 radical (unpaired) electrons. The Hall–Kier alpha value is -1.51. The van der Waals surface area contributed by atoms with Crippen LogP contribution < -0.4 is 5.69 Å². The van der Waals surface area contributed by atoms with E-state index in [0.29, 0.717) is 0 Å². The van der Waals surface area contributed by atoms with E-state index in [1.54, 1.807) is 17.7 Å². The minimum Gasteiger partial charge on any atom is -0.306 e. The van der Waals surface area contributed by atoms with Crippen molar-refractivity contribution in [1.82, 2.24) is 9.55 Å². The molecule has 1 N–H and O–H groups in total. The Morgan fingerprint density at radius 3 is 2.86 bits per heavy atom. The van der Waals surface area contributed by atoms with Gasteiger partial charge in [-0.15, -0.1) is 0 Å². The van der Waals surface area contributed by atoms with E-state index in [0.717, 1.165) is 24.2 Å². The van der Waals surface area contributed by atoms with Gasteiger partial charge in [-0.05, 0) is 18.6 Å². The SMILES string of the molecule is C=Cc1[nH]c(=O)n(C)c1/C=C\CCC. The summed E-state index contributed by atoms with van der Waals surface area (Å²) in [5.74, 6) is 0. The van der Waals surface area contributed by atoms with Crippen LogP contribution in [0.2, 0.25) is 0 Å². The highest BCUT2D eigenvalue weighted by Crippen LogP contribution is 2.07. The van der Waals surface area contributed by atoms with Crippen molar-refractivity contribution in [2.24, 2.45) is 7.05 Å². The van der Waals surface area contributed by atoms with Crippen LogP contribution >= 0.6 is 0 Å². The predicted octanol–water partition coefficient (Wildman–Crippen LogP) is 2.17. The first kappa shape index (κ1) is 10.6. The molecular weight excluding hydrogens is 176 g/mol. The van der Waals surface area contributed by atoms with Gasteiger partial charge in [-0.25, -0.2) is 4.79 Å². The highest BCUT2D eigenvalue weighted by atomic mass is 16.1. The quantitative estimate of drug-likeness (QED) is 0.780. The summed E-state index contributed by atoms with van der Waals surface area (Å²) in [6.07, 6.45) is 7.81. The highest BCUT2D eigenvalue weighted by Gasteiger charge is 2.04. The number of hydrogen-bond donors (Lipinski definition) is 1. The molecule has 0 aromatic carbocycles. The highest BCUT2D eigenvalue weighted by molar-refractivity contribution is 5.58. The molecule has 0 atom stereocenters. The van der Waals surface area contributed by atoms with Crippen LogP contribution in [-0.2, 0) is 7.05 Å². The fourth-order valence-electron chi connectivity index (χ4n) is 1.27. The minimum absolute atomic E-state index is 0.101. The van der Waals surface area contributed by atoms with E-state index in [1.165, 1.54) is 0 Å². The van der Waals surface area contributed by atoms with Crippen molar-refractivity contribution >= 4 is 12.2 Å². The minimum atomic E-state index is -0.101. The van der Waals surface area contributed by atoms with Crippen LogP contribution in [0.5, 0.6) is 0 Å². The maximum Gasteiger partial charge on any atom is 0.326 e. The van der Waals surface area contributed by atoms with E-state index < -0.39 is 0 Å². The Balaban J connectivity index is 3.05. The van der Waals surface area contributed by atoms with E-state index in [-0.39, 0.29) is 5.69 Å². The van der Waals surface area contributed by atoms with Gasteiger partial charge >= 0.3 is 5.69 Å². The average molecular weight is 192 g/mol. The first-order chi connectivity index (χ1) is 6.70. The molecule has 0 spiro atoms. The third-order valence-corrected chi connectivity index (χ3v) is 2.12. The fraction of sp³-hybridized carbons (Fsp3) is 0.364. The Labute approximate surface area is 83.8 Å². The van der Waals surface area contributed by atoms with E-state index >= 15 is 0 Å². The molecule has 1 aromatic rings. The van der Waals surface area contributed by atoms with Crippen molar-refractivity contribution in [3.05, 3.63) is 34.5 Å². The molecule has 14 heavy (non-hydrogen) atoms. The summed E-state index contributed by atoms with van der Waals surface area (Å²) in [5, 5.41) is 0. The molecule has 0 amide bonds. The molecule has 0 unspecified atom stereocenters. The number of nitrogens with one attached hydrogen (secondary N) is 1. The number of imidazole rings is 1. The lowest BCUT2D eigenvalue weighted by molar-refractivity contribution is 0.852. The van der Waals surface area contributed by atoms with Gasteiger partial charge < -0.3 is 4.98 Å². The number of aromatic nitrogens is 2. The van der Waals surface area contributed by atoms with E-state index in [9.17, 15) is 4.79 Å². The van der Waals surface area contributed by atoms with Gasteiger partial charge in [0.15, 0.2) is 0 Å². The van der Waals surface area contributed by atoms with E-state index in [2.05, 4.69) is 24.6 Å². The van der Waals surface area contributed by atoms with Crippen LogP contribution in [0.4, 0.5) is 0 Å². The van der Waals surface area contributed by atoms with Gasteiger partial charge in [-0.1, -0.05) is 26.0 Å². The molecule has 0 aliphatic carbocycles. The maximum absolute atomic E-state index is 11.3. The van der Waals surface area contributed by atoms with Crippen molar-refractivity contribution in [2.75, 3.05) is 0 Å². The number of rotatable bonds is 4. The normalized spacial score (nSPS) is 11.0. The zero-order valence-electron chi connectivity index (χ0n) is 8.71. The molecule has 0 aliphatic heterocycles. The molecule has 3 heteroatoms. The standard InChI is InChI=1S/C11H16N2O/c1-4-6-7-8-10-9(5-2)12-11(14)13(10)3/h5,7-8H,2,4,6H2,1,3H3,(H,12,14)/b8-7-. The van der Waals surface area contributed by atoms with E-state index in [4.69, 9.17) is 0 Å². The molecule has 76 valence electrons. The molecule has 0 saturated carbocycles. The third-order valence-electron chi connectivity index (χ3n) is 2.12. The molecular formula is C11H16N2O. The van der Waals surface area contributed by atoms with Gasteiger partial charge in [0.25, 0.3) is 0 Å². The number of H-pyrrole nitrogens is 1. The van der Waals surface area contributed by atoms with E-state index in [1.807, 2.05) is 6.08 Å². The smallest absolute Gasteiger partial charge is 0.306 e. The second-order valence-electron chi connectivity index (χ2n) is 3.18. The summed E-state index contributed by atoms with van der Waals surface area (Å²) in [7, 11) is 1.75.